The van der Waals surface area contributed by atoms with Crippen molar-refractivity contribution in [1.82, 2.24) is 10.6 Å². The van der Waals surface area contributed by atoms with Gasteiger partial charge in [0.2, 0.25) is 0 Å². The standard InChI is InChI=1S/C16H22N2O3/c1-16(2)9-13(16)10-18-15(21)17-8-7-11-3-5-12(6-4-11)14(19)20/h3-6,13H,7-10H2,1-2H3,(H,19,20)(H2,17,18,21). The van der Waals surface area contributed by atoms with Crippen molar-refractivity contribution in [2.24, 2.45) is 11.3 Å². The molecule has 5 nitrogen and oxygen atoms in total. The van der Waals surface area contributed by atoms with Crippen LogP contribution in [0.4, 0.5) is 4.79 Å². The van der Waals surface area contributed by atoms with E-state index in [0.717, 1.165) is 12.1 Å². The quantitative estimate of drug-likeness (QED) is 0.752. The van der Waals surface area contributed by atoms with Crippen molar-refractivity contribution in [3.05, 3.63) is 35.4 Å². The Bertz CT molecular complexity index is 523. The fourth-order valence-electron chi connectivity index (χ4n) is 2.34. The van der Waals surface area contributed by atoms with E-state index in [-0.39, 0.29) is 11.6 Å². The van der Waals surface area contributed by atoms with Crippen LogP contribution in [0.25, 0.3) is 0 Å². The molecule has 5 heteroatoms. The monoisotopic (exact) mass is 290 g/mol. The van der Waals surface area contributed by atoms with E-state index in [1.54, 1.807) is 24.3 Å². The van der Waals surface area contributed by atoms with E-state index in [1.807, 2.05) is 0 Å². The summed E-state index contributed by atoms with van der Waals surface area (Å²) in [6.07, 6.45) is 1.85. The summed E-state index contributed by atoms with van der Waals surface area (Å²) in [5, 5.41) is 14.5. The third-order valence-electron chi connectivity index (χ3n) is 4.13. The molecule has 2 amide bonds. The second kappa shape index (κ2) is 6.16. The summed E-state index contributed by atoms with van der Waals surface area (Å²) in [6, 6.07) is 6.56. The molecule has 0 spiro atoms. The molecule has 3 N–H and O–H groups in total. The van der Waals surface area contributed by atoms with Gasteiger partial charge < -0.3 is 15.7 Å². The van der Waals surface area contributed by atoms with Gasteiger partial charge >= 0.3 is 12.0 Å². The first-order chi connectivity index (χ1) is 9.88. The molecule has 0 aromatic heterocycles. The first-order valence-electron chi connectivity index (χ1n) is 7.22. The molecule has 0 saturated heterocycles. The maximum absolute atomic E-state index is 11.6. The Morgan fingerprint density at radius 3 is 2.38 bits per heavy atom. The van der Waals surface area contributed by atoms with Crippen molar-refractivity contribution in [2.45, 2.75) is 26.7 Å². The second-order valence-electron chi connectivity index (χ2n) is 6.28. The minimum Gasteiger partial charge on any atom is -0.478 e. The van der Waals surface area contributed by atoms with Gasteiger partial charge in [0.15, 0.2) is 0 Å². The van der Waals surface area contributed by atoms with Gasteiger partial charge in [-0.15, -0.1) is 0 Å². The highest BCUT2D eigenvalue weighted by Crippen LogP contribution is 2.50. The highest BCUT2D eigenvalue weighted by atomic mass is 16.4. The molecule has 1 saturated carbocycles. The van der Waals surface area contributed by atoms with Crippen LogP contribution in [-0.2, 0) is 6.42 Å². The maximum Gasteiger partial charge on any atom is 0.335 e. The zero-order chi connectivity index (χ0) is 15.5. The lowest BCUT2D eigenvalue weighted by molar-refractivity contribution is 0.0697. The van der Waals surface area contributed by atoms with Gasteiger partial charge in [0.25, 0.3) is 0 Å². The van der Waals surface area contributed by atoms with Gasteiger partial charge in [-0.2, -0.15) is 0 Å². The minimum absolute atomic E-state index is 0.139. The maximum atomic E-state index is 11.6. The Morgan fingerprint density at radius 2 is 1.86 bits per heavy atom. The number of carboxylic acids is 1. The average Bonchev–Trinajstić information content (AvgIpc) is 3.04. The average molecular weight is 290 g/mol. The third-order valence-corrected chi connectivity index (χ3v) is 4.13. The van der Waals surface area contributed by atoms with Gasteiger partial charge in [-0.3, -0.25) is 0 Å². The molecule has 1 atom stereocenters. The minimum atomic E-state index is -0.929. The lowest BCUT2D eigenvalue weighted by Gasteiger charge is -2.08. The molecule has 114 valence electrons. The van der Waals surface area contributed by atoms with Crippen LogP contribution in [0, 0.1) is 11.3 Å². The Hall–Kier alpha value is -2.04. The summed E-state index contributed by atoms with van der Waals surface area (Å²) in [6.45, 7) is 5.68. The van der Waals surface area contributed by atoms with E-state index in [1.165, 1.54) is 6.42 Å². The molecule has 1 fully saturated rings. The van der Waals surface area contributed by atoms with Crippen LogP contribution in [0.15, 0.2) is 24.3 Å². The third kappa shape index (κ3) is 4.48. The van der Waals surface area contributed by atoms with Crippen molar-refractivity contribution >= 4 is 12.0 Å². The van der Waals surface area contributed by atoms with Crippen molar-refractivity contribution in [3.8, 4) is 0 Å². The summed E-state index contributed by atoms with van der Waals surface area (Å²) in [5.74, 6) is -0.339. The lowest BCUT2D eigenvalue weighted by atomic mass is 10.1. The number of aromatic carboxylic acids is 1. The normalized spacial score (nSPS) is 18.9. The largest absolute Gasteiger partial charge is 0.478 e. The molecular formula is C16H22N2O3. The number of benzene rings is 1. The number of amides is 2. The molecule has 1 aliphatic rings. The number of hydrogen-bond acceptors (Lipinski definition) is 2. The van der Waals surface area contributed by atoms with Crippen LogP contribution in [-0.4, -0.2) is 30.2 Å². The molecule has 1 unspecified atom stereocenters. The predicted molar refractivity (Wildman–Crippen MR) is 80.4 cm³/mol. The highest BCUT2D eigenvalue weighted by Gasteiger charge is 2.45. The van der Waals surface area contributed by atoms with E-state index >= 15 is 0 Å². The molecule has 0 aliphatic heterocycles. The van der Waals surface area contributed by atoms with E-state index in [4.69, 9.17) is 5.11 Å². The van der Waals surface area contributed by atoms with Gasteiger partial charge in [0, 0.05) is 13.1 Å². The molecule has 0 heterocycles. The summed E-state index contributed by atoms with van der Waals surface area (Å²) >= 11 is 0. The Morgan fingerprint density at radius 1 is 1.24 bits per heavy atom. The van der Waals surface area contributed by atoms with Gasteiger partial charge in [-0.1, -0.05) is 26.0 Å². The first-order valence-corrected chi connectivity index (χ1v) is 7.22. The Balaban J connectivity index is 1.64. The van der Waals surface area contributed by atoms with E-state index in [2.05, 4.69) is 24.5 Å². The fourth-order valence-corrected chi connectivity index (χ4v) is 2.34. The number of urea groups is 1. The van der Waals surface area contributed by atoms with E-state index in [0.29, 0.717) is 24.3 Å². The number of carbonyl (C=O) groups excluding carboxylic acids is 1. The molecule has 1 aliphatic carbocycles. The van der Waals surface area contributed by atoms with Crippen molar-refractivity contribution < 1.29 is 14.7 Å². The first kappa shape index (κ1) is 15.4. The molecular weight excluding hydrogens is 268 g/mol. The number of carbonyl (C=O) groups is 2. The number of nitrogens with one attached hydrogen (secondary N) is 2. The van der Waals surface area contributed by atoms with Gasteiger partial charge in [0.05, 0.1) is 5.56 Å². The molecule has 1 aromatic rings. The van der Waals surface area contributed by atoms with Gasteiger partial charge in [-0.05, 0) is 41.9 Å². The van der Waals surface area contributed by atoms with Gasteiger partial charge in [-0.25, -0.2) is 9.59 Å². The Labute approximate surface area is 124 Å². The highest BCUT2D eigenvalue weighted by molar-refractivity contribution is 5.87. The number of carboxylic acid groups (broad SMARTS) is 1. The van der Waals surface area contributed by atoms with E-state index in [9.17, 15) is 9.59 Å². The predicted octanol–water partition coefficient (Wildman–Crippen LogP) is 2.27. The van der Waals surface area contributed by atoms with Crippen LogP contribution in [0.3, 0.4) is 0 Å². The van der Waals surface area contributed by atoms with Crippen molar-refractivity contribution in [3.63, 3.8) is 0 Å². The van der Waals surface area contributed by atoms with Crippen LogP contribution < -0.4 is 10.6 Å². The van der Waals surface area contributed by atoms with Gasteiger partial charge in [0.1, 0.15) is 0 Å². The molecule has 1 aromatic carbocycles. The molecule has 0 bridgehead atoms. The molecule has 2 rings (SSSR count). The number of rotatable bonds is 6. The zero-order valence-electron chi connectivity index (χ0n) is 12.5. The van der Waals surface area contributed by atoms with Crippen LogP contribution >= 0.6 is 0 Å². The fraction of sp³-hybridized carbons (Fsp3) is 0.500. The topological polar surface area (TPSA) is 78.4 Å². The summed E-state index contributed by atoms with van der Waals surface area (Å²) in [7, 11) is 0. The number of hydrogen-bond donors (Lipinski definition) is 3. The summed E-state index contributed by atoms with van der Waals surface area (Å²) in [5.41, 5.74) is 1.65. The Kier molecular flexibility index (Phi) is 4.50. The van der Waals surface area contributed by atoms with Crippen molar-refractivity contribution in [2.75, 3.05) is 13.1 Å². The summed E-state index contributed by atoms with van der Waals surface area (Å²) < 4.78 is 0. The van der Waals surface area contributed by atoms with Crippen LogP contribution in [0.2, 0.25) is 0 Å². The molecule has 0 radical (unpaired) electrons. The van der Waals surface area contributed by atoms with Crippen LogP contribution in [0.1, 0.15) is 36.2 Å². The zero-order valence-corrected chi connectivity index (χ0v) is 12.5. The van der Waals surface area contributed by atoms with Crippen molar-refractivity contribution in [1.29, 1.82) is 0 Å². The summed E-state index contributed by atoms with van der Waals surface area (Å²) in [4.78, 5) is 22.3. The second-order valence-corrected chi connectivity index (χ2v) is 6.28. The van der Waals surface area contributed by atoms with Crippen LogP contribution in [0.5, 0.6) is 0 Å². The van der Waals surface area contributed by atoms with E-state index < -0.39 is 5.97 Å². The SMILES string of the molecule is CC1(C)CC1CNC(=O)NCCc1ccc(C(=O)O)cc1. The molecule has 21 heavy (non-hydrogen) atoms. The lowest BCUT2D eigenvalue weighted by Crippen LogP contribution is -2.38. The smallest absolute Gasteiger partial charge is 0.335 e.